The van der Waals surface area contributed by atoms with Crippen LogP contribution in [-0.2, 0) is 19.1 Å². The molecule has 17 heavy (non-hydrogen) atoms. The first-order chi connectivity index (χ1) is 7.86. The van der Waals surface area contributed by atoms with Gasteiger partial charge in [0, 0.05) is 0 Å². The smallest absolute Gasteiger partial charge is 0.331 e. The molecule has 1 rings (SSSR count). The number of hydrogen-bond donors (Lipinski definition) is 1. The second-order valence-corrected chi connectivity index (χ2v) is 4.83. The Bertz CT molecular complexity index is 520. The molecule has 0 aliphatic carbocycles. The van der Waals surface area contributed by atoms with Gasteiger partial charge in [-0.1, -0.05) is 0 Å². The van der Waals surface area contributed by atoms with E-state index in [9.17, 15) is 13.2 Å². The molecule has 7 heteroatoms. The van der Waals surface area contributed by atoms with Crippen LogP contribution in [-0.4, -0.2) is 33.2 Å². The van der Waals surface area contributed by atoms with Gasteiger partial charge in [-0.25, -0.2) is 4.79 Å². The maximum atomic E-state index is 11.6. The third-order valence-electron chi connectivity index (χ3n) is 1.99. The summed E-state index contributed by atoms with van der Waals surface area (Å²) in [6.45, 7) is 0.674. The van der Waals surface area contributed by atoms with Crippen molar-refractivity contribution in [1.82, 2.24) is 0 Å². The summed E-state index contributed by atoms with van der Waals surface area (Å²) in [7, 11) is -2.59. The number of ether oxygens (including phenoxy) is 1. The van der Waals surface area contributed by atoms with Crippen LogP contribution < -0.4 is 4.74 Å². The summed E-state index contributed by atoms with van der Waals surface area (Å²) in [5, 5.41) is 8.37. The molecule has 0 saturated carbocycles. The summed E-state index contributed by atoms with van der Waals surface area (Å²) in [5.41, 5.74) is 0.426. The molecule has 0 radical (unpaired) electrons. The molecule has 0 aliphatic rings. The average Bonchev–Trinajstić information content (AvgIpc) is 2.26. The van der Waals surface area contributed by atoms with Gasteiger partial charge in [0.2, 0.25) is 0 Å². The molecule has 0 amide bonds. The fourth-order valence-corrected chi connectivity index (χ4v) is 2.29. The molecule has 0 aliphatic heterocycles. The van der Waals surface area contributed by atoms with Gasteiger partial charge in [-0.2, -0.15) is 8.42 Å². The van der Waals surface area contributed by atoms with Gasteiger partial charge in [0.1, 0.15) is 5.75 Å². The van der Waals surface area contributed by atoms with Crippen molar-refractivity contribution >= 4 is 16.1 Å². The molecular formula is C10H12O6S. The van der Waals surface area contributed by atoms with E-state index >= 15 is 0 Å². The van der Waals surface area contributed by atoms with Gasteiger partial charge >= 0.3 is 5.97 Å². The zero-order chi connectivity index (χ0) is 13.1. The molecule has 94 valence electrons. The lowest BCUT2D eigenvalue weighted by Crippen LogP contribution is -2.14. The Morgan fingerprint density at radius 3 is 2.53 bits per heavy atom. The normalized spacial score (nSPS) is 11.2. The van der Waals surface area contributed by atoms with Crippen LogP contribution in [0.3, 0.4) is 0 Å². The number of rotatable bonds is 5. The average molecular weight is 260 g/mol. The molecule has 1 aromatic carbocycles. The van der Waals surface area contributed by atoms with E-state index in [-0.39, 0.29) is 4.90 Å². The van der Waals surface area contributed by atoms with E-state index in [0.717, 1.165) is 0 Å². The minimum atomic E-state index is -4.05. The van der Waals surface area contributed by atoms with Gasteiger partial charge in [-0.3, -0.25) is 4.18 Å². The fraction of sp³-hybridized carbons (Fsp3) is 0.300. The van der Waals surface area contributed by atoms with Gasteiger partial charge in [-0.05, 0) is 30.7 Å². The van der Waals surface area contributed by atoms with E-state index in [1.807, 2.05) is 0 Å². The first-order valence-electron chi connectivity index (χ1n) is 4.62. The maximum Gasteiger partial charge on any atom is 0.331 e. The molecule has 0 spiro atoms. The van der Waals surface area contributed by atoms with Crippen LogP contribution in [0.5, 0.6) is 5.75 Å². The Hall–Kier alpha value is -1.60. The number of hydrogen-bond acceptors (Lipinski definition) is 5. The summed E-state index contributed by atoms with van der Waals surface area (Å²) in [6, 6.07) is 4.30. The van der Waals surface area contributed by atoms with Crippen LogP contribution in [0.4, 0.5) is 0 Å². The SMILES string of the molecule is COc1ccc(S(=O)(=O)OCC(=O)O)c(C)c1. The lowest BCUT2D eigenvalue weighted by Gasteiger charge is -2.08. The van der Waals surface area contributed by atoms with Crippen LogP contribution >= 0.6 is 0 Å². The maximum absolute atomic E-state index is 11.6. The van der Waals surface area contributed by atoms with E-state index in [2.05, 4.69) is 4.18 Å². The lowest BCUT2D eigenvalue weighted by molar-refractivity contribution is -0.139. The van der Waals surface area contributed by atoms with Crippen LogP contribution in [0.1, 0.15) is 5.56 Å². The second-order valence-electron chi connectivity index (χ2n) is 3.24. The minimum absolute atomic E-state index is 0.0699. The van der Waals surface area contributed by atoms with E-state index < -0.39 is 22.7 Å². The van der Waals surface area contributed by atoms with Crippen LogP contribution in [0, 0.1) is 6.92 Å². The number of carboxylic acids is 1. The number of methoxy groups -OCH3 is 1. The number of aryl methyl sites for hydroxylation is 1. The number of carboxylic acid groups (broad SMARTS) is 1. The highest BCUT2D eigenvalue weighted by Crippen LogP contribution is 2.22. The van der Waals surface area contributed by atoms with Crippen molar-refractivity contribution in [2.75, 3.05) is 13.7 Å². The van der Waals surface area contributed by atoms with Crippen molar-refractivity contribution in [2.24, 2.45) is 0 Å². The van der Waals surface area contributed by atoms with E-state index in [1.54, 1.807) is 6.92 Å². The van der Waals surface area contributed by atoms with Crippen molar-refractivity contribution < 1.29 is 27.2 Å². The first-order valence-corrected chi connectivity index (χ1v) is 6.03. The highest BCUT2D eigenvalue weighted by atomic mass is 32.2. The van der Waals surface area contributed by atoms with Crippen molar-refractivity contribution in [3.63, 3.8) is 0 Å². The Morgan fingerprint density at radius 1 is 1.41 bits per heavy atom. The quantitative estimate of drug-likeness (QED) is 0.787. The largest absolute Gasteiger partial charge is 0.497 e. The summed E-state index contributed by atoms with van der Waals surface area (Å²) >= 11 is 0. The van der Waals surface area contributed by atoms with Gasteiger partial charge < -0.3 is 9.84 Å². The van der Waals surface area contributed by atoms with Crippen molar-refractivity contribution in [2.45, 2.75) is 11.8 Å². The zero-order valence-electron chi connectivity index (χ0n) is 9.34. The Kier molecular flexibility index (Phi) is 4.08. The summed E-state index contributed by atoms with van der Waals surface area (Å²) in [6.07, 6.45) is 0. The predicted molar refractivity (Wildman–Crippen MR) is 58.5 cm³/mol. The third kappa shape index (κ3) is 3.43. The van der Waals surface area contributed by atoms with Gasteiger partial charge in [0.25, 0.3) is 10.1 Å². The molecule has 0 saturated heterocycles. The van der Waals surface area contributed by atoms with E-state index in [4.69, 9.17) is 9.84 Å². The Labute approximate surface area is 98.9 Å². The molecule has 1 aromatic rings. The van der Waals surface area contributed by atoms with E-state index in [1.165, 1.54) is 25.3 Å². The fourth-order valence-electron chi connectivity index (χ4n) is 1.22. The molecule has 1 N–H and O–H groups in total. The van der Waals surface area contributed by atoms with Gasteiger partial charge in [0.05, 0.1) is 12.0 Å². The molecular weight excluding hydrogens is 248 g/mol. The van der Waals surface area contributed by atoms with Crippen LogP contribution in [0.2, 0.25) is 0 Å². The topological polar surface area (TPSA) is 89.9 Å². The summed E-state index contributed by atoms with van der Waals surface area (Å²) in [5.74, 6) is -0.834. The van der Waals surface area contributed by atoms with Gasteiger partial charge in [-0.15, -0.1) is 0 Å². The van der Waals surface area contributed by atoms with E-state index in [0.29, 0.717) is 11.3 Å². The number of aliphatic carboxylic acids is 1. The van der Waals surface area contributed by atoms with Crippen molar-refractivity contribution in [3.05, 3.63) is 23.8 Å². The van der Waals surface area contributed by atoms with Crippen LogP contribution in [0.15, 0.2) is 23.1 Å². The number of carbonyl (C=O) groups is 1. The molecule has 0 fully saturated rings. The standard InChI is InChI=1S/C10H12O6S/c1-7-5-8(15-2)3-4-9(7)17(13,14)16-6-10(11)12/h3-5H,6H2,1-2H3,(H,11,12). The monoisotopic (exact) mass is 260 g/mol. The molecule has 0 aromatic heterocycles. The molecule has 6 nitrogen and oxygen atoms in total. The van der Waals surface area contributed by atoms with Crippen molar-refractivity contribution in [1.29, 1.82) is 0 Å². The Balaban J connectivity index is 3.03. The van der Waals surface area contributed by atoms with Gasteiger partial charge in [0.15, 0.2) is 6.61 Å². The Morgan fingerprint density at radius 2 is 2.06 bits per heavy atom. The predicted octanol–water partition coefficient (Wildman–Crippen LogP) is 0.794. The highest BCUT2D eigenvalue weighted by molar-refractivity contribution is 7.86. The lowest BCUT2D eigenvalue weighted by atomic mass is 10.2. The molecule has 0 heterocycles. The minimum Gasteiger partial charge on any atom is -0.497 e. The van der Waals surface area contributed by atoms with Crippen molar-refractivity contribution in [3.8, 4) is 5.75 Å². The molecule has 0 atom stereocenters. The zero-order valence-corrected chi connectivity index (χ0v) is 10.2. The summed E-state index contributed by atoms with van der Waals surface area (Å²) in [4.78, 5) is 10.2. The number of benzene rings is 1. The third-order valence-corrected chi connectivity index (χ3v) is 3.41. The second kappa shape index (κ2) is 5.15. The first kappa shape index (κ1) is 13.5. The molecule has 0 unspecified atom stereocenters. The van der Waals surface area contributed by atoms with Crippen LogP contribution in [0.25, 0.3) is 0 Å². The highest BCUT2D eigenvalue weighted by Gasteiger charge is 2.19. The molecule has 0 bridgehead atoms. The summed E-state index contributed by atoms with van der Waals surface area (Å²) < 4.78 is 32.6.